The molecular formula is C23H23N3O5. The maximum absolute atomic E-state index is 13.0. The number of fused-ring (bicyclic) bond motifs is 1. The predicted octanol–water partition coefficient (Wildman–Crippen LogP) is 1.73. The number of imide groups is 1. The lowest BCUT2D eigenvalue weighted by molar-refractivity contribution is -0.136. The molecule has 2 aliphatic heterocycles. The molecule has 0 radical (unpaired) electrons. The standard InChI is InChI=1S/C23H23N3O5/c1-25(12-15-5-3-4-6-19(15)31-2)22(29)14-7-8-17-16(11-14)13-26(23(17)30)18-9-10-20(27)24-21(18)28/h3-8,11,18H,9-10,12-13H2,1-2H3,(H,24,27,28). The smallest absolute Gasteiger partial charge is 0.255 e. The minimum Gasteiger partial charge on any atom is -0.496 e. The van der Waals surface area contributed by atoms with Crippen LogP contribution in [0.2, 0.25) is 0 Å². The van der Waals surface area contributed by atoms with E-state index in [1.807, 2.05) is 24.3 Å². The van der Waals surface area contributed by atoms with E-state index in [-0.39, 0.29) is 30.7 Å². The van der Waals surface area contributed by atoms with Crippen molar-refractivity contribution in [3.8, 4) is 5.75 Å². The molecule has 8 heteroatoms. The Kier molecular flexibility index (Phi) is 5.46. The molecule has 0 spiro atoms. The van der Waals surface area contributed by atoms with Crippen molar-refractivity contribution in [1.29, 1.82) is 0 Å². The molecule has 160 valence electrons. The largest absolute Gasteiger partial charge is 0.496 e. The zero-order chi connectivity index (χ0) is 22.1. The van der Waals surface area contributed by atoms with Crippen LogP contribution in [0.25, 0.3) is 0 Å². The lowest BCUT2D eigenvalue weighted by Crippen LogP contribution is -2.52. The Bertz CT molecular complexity index is 1080. The quantitative estimate of drug-likeness (QED) is 0.742. The van der Waals surface area contributed by atoms with Gasteiger partial charge in [0.1, 0.15) is 11.8 Å². The topological polar surface area (TPSA) is 96.0 Å². The second kappa shape index (κ2) is 8.22. The summed E-state index contributed by atoms with van der Waals surface area (Å²) in [5.41, 5.74) is 2.54. The fraction of sp³-hybridized carbons (Fsp3) is 0.304. The molecule has 1 unspecified atom stereocenters. The summed E-state index contributed by atoms with van der Waals surface area (Å²) in [7, 11) is 3.30. The highest BCUT2D eigenvalue weighted by Gasteiger charge is 2.39. The van der Waals surface area contributed by atoms with Gasteiger partial charge >= 0.3 is 0 Å². The van der Waals surface area contributed by atoms with Crippen molar-refractivity contribution in [2.45, 2.75) is 32.0 Å². The van der Waals surface area contributed by atoms with Gasteiger partial charge < -0.3 is 14.5 Å². The van der Waals surface area contributed by atoms with Gasteiger partial charge in [-0.25, -0.2) is 0 Å². The Labute approximate surface area is 179 Å². The summed E-state index contributed by atoms with van der Waals surface area (Å²) in [4.78, 5) is 52.4. The van der Waals surface area contributed by atoms with Gasteiger partial charge in [0, 0.05) is 43.2 Å². The van der Waals surface area contributed by atoms with Gasteiger partial charge in [0.05, 0.1) is 7.11 Å². The first-order valence-corrected chi connectivity index (χ1v) is 10.0. The van der Waals surface area contributed by atoms with Gasteiger partial charge in [-0.3, -0.25) is 24.5 Å². The van der Waals surface area contributed by atoms with Gasteiger partial charge in [-0.1, -0.05) is 18.2 Å². The molecule has 4 rings (SSSR count). The Morgan fingerprint density at radius 3 is 2.71 bits per heavy atom. The first kappa shape index (κ1) is 20.6. The van der Waals surface area contributed by atoms with E-state index in [4.69, 9.17) is 4.74 Å². The first-order chi connectivity index (χ1) is 14.9. The Morgan fingerprint density at radius 1 is 1.19 bits per heavy atom. The van der Waals surface area contributed by atoms with Gasteiger partial charge in [0.15, 0.2) is 0 Å². The Balaban J connectivity index is 1.50. The summed E-state index contributed by atoms with van der Waals surface area (Å²) in [6.45, 7) is 0.610. The van der Waals surface area contributed by atoms with Crippen LogP contribution in [-0.2, 0) is 22.7 Å². The van der Waals surface area contributed by atoms with Crippen molar-refractivity contribution in [3.05, 3.63) is 64.7 Å². The van der Waals surface area contributed by atoms with Crippen LogP contribution < -0.4 is 10.1 Å². The average molecular weight is 421 g/mol. The Morgan fingerprint density at radius 2 is 1.97 bits per heavy atom. The molecule has 1 saturated heterocycles. The number of piperidine rings is 1. The highest BCUT2D eigenvalue weighted by molar-refractivity contribution is 6.06. The van der Waals surface area contributed by atoms with Crippen LogP contribution >= 0.6 is 0 Å². The monoisotopic (exact) mass is 421 g/mol. The van der Waals surface area contributed by atoms with Crippen LogP contribution in [0.5, 0.6) is 5.75 Å². The van der Waals surface area contributed by atoms with Gasteiger partial charge in [0.25, 0.3) is 11.8 Å². The van der Waals surface area contributed by atoms with E-state index in [1.165, 1.54) is 4.90 Å². The minimum atomic E-state index is -0.676. The SMILES string of the molecule is COc1ccccc1CN(C)C(=O)c1ccc2c(c1)CN(C1CCC(=O)NC1=O)C2=O. The van der Waals surface area contributed by atoms with Crippen molar-refractivity contribution in [1.82, 2.24) is 15.1 Å². The van der Waals surface area contributed by atoms with Crippen LogP contribution in [-0.4, -0.2) is 53.6 Å². The fourth-order valence-electron chi connectivity index (χ4n) is 4.09. The van der Waals surface area contributed by atoms with E-state index in [1.54, 1.807) is 37.3 Å². The first-order valence-electron chi connectivity index (χ1n) is 10.0. The van der Waals surface area contributed by atoms with E-state index < -0.39 is 11.9 Å². The minimum absolute atomic E-state index is 0.180. The summed E-state index contributed by atoms with van der Waals surface area (Å²) in [6.07, 6.45) is 0.506. The number of ether oxygens (including phenoxy) is 1. The van der Waals surface area contributed by atoms with Gasteiger partial charge in [-0.15, -0.1) is 0 Å². The van der Waals surface area contributed by atoms with E-state index in [0.29, 0.717) is 35.4 Å². The third kappa shape index (κ3) is 3.88. The van der Waals surface area contributed by atoms with Crippen molar-refractivity contribution >= 4 is 23.6 Å². The number of amides is 4. The fourth-order valence-corrected chi connectivity index (χ4v) is 4.09. The average Bonchev–Trinajstić information content (AvgIpc) is 3.09. The number of para-hydroxylation sites is 1. The van der Waals surface area contributed by atoms with Crippen LogP contribution in [0.4, 0.5) is 0 Å². The molecule has 0 bridgehead atoms. The molecule has 2 aliphatic rings. The number of methoxy groups -OCH3 is 1. The number of rotatable bonds is 5. The molecule has 0 aliphatic carbocycles. The normalized spacial score (nSPS) is 17.9. The third-order valence-electron chi connectivity index (χ3n) is 5.72. The summed E-state index contributed by atoms with van der Waals surface area (Å²) >= 11 is 0. The van der Waals surface area contributed by atoms with Crippen LogP contribution in [0, 0.1) is 0 Å². The van der Waals surface area contributed by atoms with Crippen LogP contribution in [0.1, 0.15) is 44.7 Å². The Hall–Kier alpha value is -3.68. The number of benzene rings is 2. The molecule has 2 heterocycles. The molecule has 4 amide bonds. The van der Waals surface area contributed by atoms with E-state index >= 15 is 0 Å². The molecule has 0 saturated carbocycles. The number of nitrogens with zero attached hydrogens (tertiary/aromatic N) is 2. The summed E-state index contributed by atoms with van der Waals surface area (Å²) in [5.74, 6) is -0.505. The number of carbonyl (C=O) groups is 4. The zero-order valence-electron chi connectivity index (χ0n) is 17.4. The van der Waals surface area contributed by atoms with Crippen LogP contribution in [0.15, 0.2) is 42.5 Å². The summed E-state index contributed by atoms with van der Waals surface area (Å²) in [6, 6.07) is 11.8. The molecule has 2 aromatic carbocycles. The second-order valence-corrected chi connectivity index (χ2v) is 7.74. The number of hydrogen-bond acceptors (Lipinski definition) is 5. The lowest BCUT2D eigenvalue weighted by atomic mass is 10.0. The number of hydrogen-bond donors (Lipinski definition) is 1. The molecule has 1 atom stereocenters. The summed E-state index contributed by atoms with van der Waals surface area (Å²) < 4.78 is 5.35. The zero-order valence-corrected chi connectivity index (χ0v) is 17.4. The number of carbonyl (C=O) groups excluding carboxylic acids is 4. The molecule has 1 N–H and O–H groups in total. The molecular weight excluding hydrogens is 398 g/mol. The second-order valence-electron chi connectivity index (χ2n) is 7.74. The molecule has 0 aromatic heterocycles. The lowest BCUT2D eigenvalue weighted by Gasteiger charge is -2.29. The van der Waals surface area contributed by atoms with Crippen molar-refractivity contribution in [2.24, 2.45) is 0 Å². The van der Waals surface area contributed by atoms with E-state index in [0.717, 1.165) is 5.56 Å². The molecule has 1 fully saturated rings. The van der Waals surface area contributed by atoms with E-state index in [2.05, 4.69) is 5.32 Å². The maximum Gasteiger partial charge on any atom is 0.255 e. The highest BCUT2D eigenvalue weighted by Crippen LogP contribution is 2.29. The molecule has 8 nitrogen and oxygen atoms in total. The molecule has 31 heavy (non-hydrogen) atoms. The summed E-state index contributed by atoms with van der Waals surface area (Å²) in [5, 5.41) is 2.29. The van der Waals surface area contributed by atoms with E-state index in [9.17, 15) is 19.2 Å². The van der Waals surface area contributed by atoms with Crippen LogP contribution in [0.3, 0.4) is 0 Å². The van der Waals surface area contributed by atoms with Crippen molar-refractivity contribution in [2.75, 3.05) is 14.2 Å². The molecule has 2 aromatic rings. The van der Waals surface area contributed by atoms with Crippen molar-refractivity contribution < 1.29 is 23.9 Å². The predicted molar refractivity (Wildman–Crippen MR) is 111 cm³/mol. The van der Waals surface area contributed by atoms with Gasteiger partial charge in [0.2, 0.25) is 11.8 Å². The maximum atomic E-state index is 13.0. The third-order valence-corrected chi connectivity index (χ3v) is 5.72. The highest BCUT2D eigenvalue weighted by atomic mass is 16.5. The van der Waals surface area contributed by atoms with Gasteiger partial charge in [-0.05, 0) is 36.2 Å². The number of nitrogens with one attached hydrogen (secondary N) is 1. The van der Waals surface area contributed by atoms with Crippen molar-refractivity contribution in [3.63, 3.8) is 0 Å². The van der Waals surface area contributed by atoms with Gasteiger partial charge in [-0.2, -0.15) is 0 Å².